The lowest BCUT2D eigenvalue weighted by atomic mass is 10.2. The van der Waals surface area contributed by atoms with Crippen molar-refractivity contribution < 1.29 is 23.9 Å². The van der Waals surface area contributed by atoms with Crippen molar-refractivity contribution in [2.75, 3.05) is 12.4 Å². The molecular weight excluding hydrogens is 385 g/mol. The SMILES string of the molecule is CN1C(=O)[C@@H](CC(=O)Nc2cccc(C(=O)O)c2)SC1=Nc1ccc(F)cc1. The maximum Gasteiger partial charge on any atom is 0.335 e. The number of amidine groups is 1. The molecular formula is C19H16FN3O4S. The van der Waals surface area contributed by atoms with Gasteiger partial charge in [0, 0.05) is 19.2 Å². The van der Waals surface area contributed by atoms with Crippen LogP contribution in [0.4, 0.5) is 15.8 Å². The van der Waals surface area contributed by atoms with Gasteiger partial charge >= 0.3 is 5.97 Å². The summed E-state index contributed by atoms with van der Waals surface area (Å²) in [5, 5.41) is 11.4. The molecule has 3 rings (SSSR count). The number of thioether (sulfide) groups is 1. The van der Waals surface area contributed by atoms with Crippen LogP contribution in [0.15, 0.2) is 53.5 Å². The number of benzene rings is 2. The maximum absolute atomic E-state index is 13.0. The van der Waals surface area contributed by atoms with Crippen molar-refractivity contribution >= 4 is 46.1 Å². The molecule has 1 saturated heterocycles. The fraction of sp³-hybridized carbons (Fsp3) is 0.158. The number of aromatic carboxylic acids is 1. The first kappa shape index (κ1) is 19.6. The molecule has 0 aliphatic carbocycles. The number of hydrogen-bond donors (Lipinski definition) is 2. The Hall–Kier alpha value is -3.20. The van der Waals surface area contributed by atoms with E-state index in [1.54, 1.807) is 13.1 Å². The molecule has 0 unspecified atom stereocenters. The normalized spacial score (nSPS) is 17.8. The topological polar surface area (TPSA) is 99.1 Å². The van der Waals surface area contributed by atoms with E-state index < -0.39 is 17.1 Å². The van der Waals surface area contributed by atoms with Crippen LogP contribution in [-0.2, 0) is 9.59 Å². The Bertz CT molecular complexity index is 962. The Labute approximate surface area is 164 Å². The van der Waals surface area contributed by atoms with E-state index in [9.17, 15) is 18.8 Å². The van der Waals surface area contributed by atoms with Crippen molar-refractivity contribution in [2.24, 2.45) is 4.99 Å². The molecule has 1 aliphatic rings. The molecule has 1 aliphatic heterocycles. The first-order valence-electron chi connectivity index (χ1n) is 8.25. The summed E-state index contributed by atoms with van der Waals surface area (Å²) >= 11 is 1.15. The number of carboxylic acid groups (broad SMARTS) is 1. The number of amides is 2. The summed E-state index contributed by atoms with van der Waals surface area (Å²) in [6.45, 7) is 0. The molecule has 7 nitrogen and oxygen atoms in total. The third-order valence-corrected chi connectivity index (χ3v) is 5.18. The summed E-state index contributed by atoms with van der Waals surface area (Å²) in [4.78, 5) is 41.4. The Morgan fingerprint density at radius 2 is 1.96 bits per heavy atom. The van der Waals surface area contributed by atoms with Gasteiger partial charge in [-0.1, -0.05) is 17.8 Å². The van der Waals surface area contributed by atoms with Crippen LogP contribution in [0, 0.1) is 5.82 Å². The summed E-state index contributed by atoms with van der Waals surface area (Å²) in [6, 6.07) is 11.4. The molecule has 0 bridgehead atoms. The number of carboxylic acids is 1. The van der Waals surface area contributed by atoms with Gasteiger partial charge in [-0.25, -0.2) is 14.2 Å². The van der Waals surface area contributed by atoms with Crippen molar-refractivity contribution in [2.45, 2.75) is 11.7 Å². The van der Waals surface area contributed by atoms with Gasteiger partial charge in [0.05, 0.1) is 11.3 Å². The van der Waals surface area contributed by atoms with E-state index in [1.807, 2.05) is 0 Å². The van der Waals surface area contributed by atoms with E-state index in [-0.39, 0.29) is 23.7 Å². The number of rotatable bonds is 5. The number of nitrogens with one attached hydrogen (secondary N) is 1. The third kappa shape index (κ3) is 4.55. The second-order valence-corrected chi connectivity index (χ2v) is 7.18. The molecule has 1 atom stereocenters. The molecule has 0 saturated carbocycles. The van der Waals surface area contributed by atoms with Crippen LogP contribution in [0.3, 0.4) is 0 Å². The van der Waals surface area contributed by atoms with E-state index in [1.165, 1.54) is 47.4 Å². The van der Waals surface area contributed by atoms with Gasteiger partial charge in [-0.05, 0) is 42.5 Å². The standard InChI is InChI=1S/C19H16FN3O4S/c1-23-17(25)15(28-19(23)22-13-7-5-12(20)6-8-13)10-16(24)21-14-4-2-3-11(9-14)18(26)27/h2-9,15H,10H2,1H3,(H,21,24)(H,26,27)/t15-/m1/s1. The van der Waals surface area contributed by atoms with Crippen molar-refractivity contribution in [1.29, 1.82) is 0 Å². The van der Waals surface area contributed by atoms with Gasteiger partial charge in [0.1, 0.15) is 11.1 Å². The molecule has 28 heavy (non-hydrogen) atoms. The van der Waals surface area contributed by atoms with Crippen molar-refractivity contribution in [3.8, 4) is 0 Å². The highest BCUT2D eigenvalue weighted by molar-refractivity contribution is 8.15. The van der Waals surface area contributed by atoms with Gasteiger partial charge in [-0.15, -0.1) is 0 Å². The Morgan fingerprint density at radius 3 is 2.64 bits per heavy atom. The first-order chi connectivity index (χ1) is 13.3. The first-order valence-corrected chi connectivity index (χ1v) is 9.13. The minimum Gasteiger partial charge on any atom is -0.478 e. The number of anilines is 1. The lowest BCUT2D eigenvalue weighted by molar-refractivity contribution is -0.127. The zero-order valence-electron chi connectivity index (χ0n) is 14.8. The number of carbonyl (C=O) groups is 3. The number of carbonyl (C=O) groups excluding carboxylic acids is 2. The van der Waals surface area contributed by atoms with Crippen LogP contribution in [0.25, 0.3) is 0 Å². The molecule has 0 aromatic heterocycles. The smallest absolute Gasteiger partial charge is 0.335 e. The highest BCUT2D eigenvalue weighted by Crippen LogP contribution is 2.30. The van der Waals surface area contributed by atoms with E-state index in [0.29, 0.717) is 16.5 Å². The van der Waals surface area contributed by atoms with Crippen molar-refractivity contribution in [3.05, 3.63) is 59.9 Å². The predicted octanol–water partition coefficient (Wildman–Crippen LogP) is 3.11. The lowest BCUT2D eigenvalue weighted by Crippen LogP contribution is -2.30. The summed E-state index contributed by atoms with van der Waals surface area (Å²) in [5.74, 6) is -2.15. The van der Waals surface area contributed by atoms with Crippen LogP contribution in [-0.4, -0.2) is 45.3 Å². The van der Waals surface area contributed by atoms with Crippen molar-refractivity contribution in [1.82, 2.24) is 4.90 Å². The third-order valence-electron chi connectivity index (χ3n) is 3.96. The molecule has 144 valence electrons. The largest absolute Gasteiger partial charge is 0.478 e. The van der Waals surface area contributed by atoms with Gasteiger partial charge in [-0.2, -0.15) is 0 Å². The van der Waals surface area contributed by atoms with E-state index in [4.69, 9.17) is 5.11 Å². The van der Waals surface area contributed by atoms with Crippen LogP contribution in [0.5, 0.6) is 0 Å². The summed E-state index contributed by atoms with van der Waals surface area (Å²) < 4.78 is 13.0. The van der Waals surface area contributed by atoms with Crippen molar-refractivity contribution in [3.63, 3.8) is 0 Å². The summed E-state index contributed by atoms with van der Waals surface area (Å²) in [6.07, 6.45) is -0.0897. The Balaban J connectivity index is 1.66. The number of hydrogen-bond acceptors (Lipinski definition) is 5. The molecule has 1 heterocycles. The molecule has 2 aromatic carbocycles. The maximum atomic E-state index is 13.0. The summed E-state index contributed by atoms with van der Waals surface area (Å²) in [5.41, 5.74) is 0.894. The van der Waals surface area contributed by atoms with Gasteiger partial charge < -0.3 is 10.4 Å². The fourth-order valence-electron chi connectivity index (χ4n) is 2.53. The highest BCUT2D eigenvalue weighted by Gasteiger charge is 2.37. The molecule has 2 N–H and O–H groups in total. The van der Waals surface area contributed by atoms with Crippen LogP contribution in [0.2, 0.25) is 0 Å². The molecule has 0 radical (unpaired) electrons. The second kappa shape index (κ2) is 8.22. The average molecular weight is 401 g/mol. The van der Waals surface area contributed by atoms with E-state index in [0.717, 1.165) is 11.8 Å². The molecule has 9 heteroatoms. The van der Waals surface area contributed by atoms with Gasteiger partial charge in [-0.3, -0.25) is 14.5 Å². The van der Waals surface area contributed by atoms with Gasteiger partial charge in [0.2, 0.25) is 11.8 Å². The number of aliphatic imine (C=N–C) groups is 1. The van der Waals surface area contributed by atoms with Gasteiger partial charge in [0.25, 0.3) is 0 Å². The lowest BCUT2D eigenvalue weighted by Gasteiger charge is -2.09. The van der Waals surface area contributed by atoms with Crippen LogP contribution < -0.4 is 5.32 Å². The van der Waals surface area contributed by atoms with E-state index >= 15 is 0 Å². The van der Waals surface area contributed by atoms with Crippen LogP contribution >= 0.6 is 11.8 Å². The molecule has 2 aromatic rings. The molecule has 0 spiro atoms. The van der Waals surface area contributed by atoms with Crippen LogP contribution in [0.1, 0.15) is 16.8 Å². The van der Waals surface area contributed by atoms with E-state index in [2.05, 4.69) is 10.3 Å². The molecule has 1 fully saturated rings. The zero-order chi connectivity index (χ0) is 20.3. The zero-order valence-corrected chi connectivity index (χ0v) is 15.6. The second-order valence-electron chi connectivity index (χ2n) is 6.01. The average Bonchev–Trinajstić information content (AvgIpc) is 2.91. The number of nitrogens with zero attached hydrogens (tertiary/aromatic N) is 2. The monoisotopic (exact) mass is 401 g/mol. The fourth-order valence-corrected chi connectivity index (χ4v) is 3.69. The Kier molecular flexibility index (Phi) is 5.74. The predicted molar refractivity (Wildman–Crippen MR) is 104 cm³/mol. The minimum absolute atomic E-state index is 0.0533. The van der Waals surface area contributed by atoms with Gasteiger partial charge in [0.15, 0.2) is 5.17 Å². The Morgan fingerprint density at radius 1 is 1.25 bits per heavy atom. The number of halogens is 1. The summed E-state index contributed by atoms with van der Waals surface area (Å²) in [7, 11) is 1.56. The minimum atomic E-state index is -1.10. The molecule has 2 amide bonds. The quantitative estimate of drug-likeness (QED) is 0.802. The highest BCUT2D eigenvalue weighted by atomic mass is 32.2.